The average Bonchev–Trinajstić information content (AvgIpc) is 2.59. The van der Waals surface area contributed by atoms with Crippen LogP contribution in [-0.2, 0) is 9.53 Å². The van der Waals surface area contributed by atoms with Crippen molar-refractivity contribution >= 4 is 5.97 Å². The van der Waals surface area contributed by atoms with E-state index >= 15 is 0 Å². The molecule has 4 nitrogen and oxygen atoms in total. The van der Waals surface area contributed by atoms with Gasteiger partial charge in [0.25, 0.3) is 0 Å². The Labute approximate surface area is 168 Å². The molecule has 0 aliphatic heterocycles. The van der Waals surface area contributed by atoms with Gasteiger partial charge in [-0.1, -0.05) is 73.1 Å². The van der Waals surface area contributed by atoms with Crippen LogP contribution in [0.3, 0.4) is 0 Å². The van der Waals surface area contributed by atoms with Gasteiger partial charge in [0.05, 0.1) is 18.1 Å². The number of unbranched alkanes of at least 4 members (excludes halogenated alkanes) is 4. The summed E-state index contributed by atoms with van der Waals surface area (Å²) < 4.78 is 5.45. The van der Waals surface area contributed by atoms with E-state index in [1.165, 1.54) is 6.42 Å². The van der Waals surface area contributed by atoms with Gasteiger partial charge in [0, 0.05) is 7.11 Å². The van der Waals surface area contributed by atoms with Crippen LogP contribution < -0.4 is 0 Å². The molecule has 3 unspecified atom stereocenters. The van der Waals surface area contributed by atoms with Gasteiger partial charge in [-0.3, -0.25) is 4.79 Å². The predicted octanol–water partition coefficient (Wildman–Crippen LogP) is 6.06. The van der Waals surface area contributed by atoms with Crippen LogP contribution in [0.2, 0.25) is 0 Å². The molecule has 0 aliphatic rings. The first-order chi connectivity index (χ1) is 12.4. The van der Waals surface area contributed by atoms with Crippen LogP contribution in [0.4, 0.5) is 0 Å². The number of aliphatic hydroxyl groups is 1. The third kappa shape index (κ3) is 11.1. The van der Waals surface area contributed by atoms with E-state index in [0.717, 1.165) is 57.8 Å². The number of hydrogen-bond acceptors (Lipinski definition) is 3. The summed E-state index contributed by atoms with van der Waals surface area (Å²) >= 11 is 0. The van der Waals surface area contributed by atoms with Crippen molar-refractivity contribution in [1.29, 1.82) is 0 Å². The third-order valence-corrected chi connectivity index (χ3v) is 6.71. The SMILES string of the molecule is COC(C)C(C)(C)CCCCCC(O)CCCCCC(C)(C)C(C)C(=O)O. The lowest BCUT2D eigenvalue weighted by Crippen LogP contribution is -2.28. The van der Waals surface area contributed by atoms with Gasteiger partial charge >= 0.3 is 5.97 Å². The summed E-state index contributed by atoms with van der Waals surface area (Å²) in [5.41, 5.74) is 0.0395. The lowest BCUT2D eigenvalue weighted by molar-refractivity contribution is -0.145. The number of methoxy groups -OCH3 is 1. The number of aliphatic hydroxyl groups excluding tert-OH is 1. The number of hydrogen-bond donors (Lipinski definition) is 2. The van der Waals surface area contributed by atoms with Gasteiger partial charge in [0.2, 0.25) is 0 Å². The van der Waals surface area contributed by atoms with Gasteiger partial charge in [-0.15, -0.1) is 0 Å². The van der Waals surface area contributed by atoms with Crippen LogP contribution >= 0.6 is 0 Å². The molecule has 2 N–H and O–H groups in total. The van der Waals surface area contributed by atoms with E-state index in [1.807, 2.05) is 13.8 Å². The molecular weight excluding hydrogens is 340 g/mol. The smallest absolute Gasteiger partial charge is 0.306 e. The molecule has 4 heteroatoms. The molecule has 0 radical (unpaired) electrons. The lowest BCUT2D eigenvalue weighted by atomic mass is 9.76. The topological polar surface area (TPSA) is 66.8 Å². The van der Waals surface area contributed by atoms with Gasteiger partial charge < -0.3 is 14.9 Å². The standard InChI is InChI=1S/C23H46O4/c1-18(21(25)26)22(3,4)16-12-8-10-14-20(24)15-11-9-13-17-23(5,6)19(2)27-7/h18-20,24H,8-17H2,1-7H3,(H,25,26). The second-order valence-electron chi connectivity index (χ2n) is 9.77. The van der Waals surface area contributed by atoms with E-state index in [0.29, 0.717) is 0 Å². The highest BCUT2D eigenvalue weighted by molar-refractivity contribution is 5.70. The van der Waals surface area contributed by atoms with Gasteiger partial charge in [-0.25, -0.2) is 0 Å². The molecule has 27 heavy (non-hydrogen) atoms. The number of carboxylic acids is 1. The van der Waals surface area contributed by atoms with Crippen LogP contribution in [0.25, 0.3) is 0 Å². The first-order valence-electron chi connectivity index (χ1n) is 10.9. The minimum absolute atomic E-state index is 0.168. The maximum atomic E-state index is 11.1. The molecule has 0 aliphatic carbocycles. The molecule has 0 aromatic carbocycles. The largest absolute Gasteiger partial charge is 0.481 e. The fourth-order valence-corrected chi connectivity index (χ4v) is 3.49. The fraction of sp³-hybridized carbons (Fsp3) is 0.957. The van der Waals surface area contributed by atoms with Crippen LogP contribution in [0, 0.1) is 16.7 Å². The quantitative estimate of drug-likeness (QED) is 0.317. The Morgan fingerprint density at radius 2 is 1.30 bits per heavy atom. The van der Waals surface area contributed by atoms with E-state index in [2.05, 4.69) is 20.8 Å². The molecule has 0 saturated carbocycles. The van der Waals surface area contributed by atoms with E-state index in [4.69, 9.17) is 9.84 Å². The molecule has 162 valence electrons. The highest BCUT2D eigenvalue weighted by atomic mass is 16.5. The lowest BCUT2D eigenvalue weighted by Gasteiger charge is -2.30. The Hall–Kier alpha value is -0.610. The Balaban J connectivity index is 3.76. The molecule has 0 aromatic rings. The molecule has 0 aromatic heterocycles. The number of ether oxygens (including phenoxy) is 1. The Morgan fingerprint density at radius 1 is 0.852 bits per heavy atom. The van der Waals surface area contributed by atoms with Gasteiger partial charge in [0.1, 0.15) is 0 Å². The van der Waals surface area contributed by atoms with Crippen molar-refractivity contribution in [1.82, 2.24) is 0 Å². The average molecular weight is 387 g/mol. The van der Waals surface area contributed by atoms with Crippen LogP contribution in [0.1, 0.15) is 106 Å². The van der Waals surface area contributed by atoms with E-state index in [9.17, 15) is 9.90 Å². The van der Waals surface area contributed by atoms with Crippen LogP contribution in [-0.4, -0.2) is 35.5 Å². The van der Waals surface area contributed by atoms with Crippen molar-refractivity contribution in [3.63, 3.8) is 0 Å². The Morgan fingerprint density at radius 3 is 1.70 bits per heavy atom. The normalized spacial score (nSPS) is 16.1. The summed E-state index contributed by atoms with van der Waals surface area (Å²) in [6, 6.07) is 0. The van der Waals surface area contributed by atoms with Gasteiger partial charge in [-0.05, 0) is 43.4 Å². The van der Waals surface area contributed by atoms with E-state index in [-0.39, 0.29) is 29.0 Å². The minimum Gasteiger partial charge on any atom is -0.481 e. The number of aliphatic carboxylic acids is 1. The van der Waals surface area contributed by atoms with Crippen LogP contribution in [0.5, 0.6) is 0 Å². The van der Waals surface area contributed by atoms with Crippen molar-refractivity contribution in [2.45, 2.75) is 118 Å². The molecule has 0 amide bonds. The minimum atomic E-state index is -0.713. The predicted molar refractivity (Wildman–Crippen MR) is 113 cm³/mol. The van der Waals surface area contributed by atoms with Crippen molar-refractivity contribution in [3.8, 4) is 0 Å². The Bertz CT molecular complexity index is 403. The summed E-state index contributed by atoms with van der Waals surface area (Å²) in [7, 11) is 1.77. The monoisotopic (exact) mass is 386 g/mol. The molecule has 0 spiro atoms. The first kappa shape index (κ1) is 26.4. The summed E-state index contributed by atoms with van der Waals surface area (Å²) in [6.45, 7) is 12.5. The van der Waals surface area contributed by atoms with Crippen LogP contribution in [0.15, 0.2) is 0 Å². The Kier molecular flexibility index (Phi) is 12.5. The number of carboxylic acid groups (broad SMARTS) is 1. The van der Waals surface area contributed by atoms with Crippen molar-refractivity contribution in [2.75, 3.05) is 7.11 Å². The van der Waals surface area contributed by atoms with E-state index < -0.39 is 5.97 Å². The van der Waals surface area contributed by atoms with Gasteiger partial charge in [-0.2, -0.15) is 0 Å². The fourth-order valence-electron chi connectivity index (χ4n) is 3.49. The zero-order chi connectivity index (χ0) is 21.1. The molecule has 0 rings (SSSR count). The summed E-state index contributed by atoms with van der Waals surface area (Å²) in [5.74, 6) is -1.03. The number of rotatable bonds is 16. The zero-order valence-electron chi connectivity index (χ0n) is 19.0. The van der Waals surface area contributed by atoms with E-state index in [1.54, 1.807) is 14.0 Å². The maximum absolute atomic E-state index is 11.1. The summed E-state index contributed by atoms with van der Waals surface area (Å²) in [6.07, 6.45) is 10.5. The van der Waals surface area contributed by atoms with Crippen molar-refractivity contribution in [3.05, 3.63) is 0 Å². The summed E-state index contributed by atoms with van der Waals surface area (Å²) in [4.78, 5) is 11.1. The molecule has 0 fully saturated rings. The first-order valence-corrected chi connectivity index (χ1v) is 10.9. The molecule has 3 atom stereocenters. The van der Waals surface area contributed by atoms with Crippen molar-refractivity contribution in [2.24, 2.45) is 16.7 Å². The highest BCUT2D eigenvalue weighted by Crippen LogP contribution is 2.33. The third-order valence-electron chi connectivity index (χ3n) is 6.71. The molecule has 0 heterocycles. The van der Waals surface area contributed by atoms with Gasteiger partial charge in [0.15, 0.2) is 0 Å². The van der Waals surface area contributed by atoms with Crippen molar-refractivity contribution < 1.29 is 19.7 Å². The molecule has 0 bridgehead atoms. The highest BCUT2D eigenvalue weighted by Gasteiger charge is 2.30. The second-order valence-corrected chi connectivity index (χ2v) is 9.77. The zero-order valence-corrected chi connectivity index (χ0v) is 19.0. The maximum Gasteiger partial charge on any atom is 0.306 e. The number of carbonyl (C=O) groups is 1. The molecule has 0 saturated heterocycles. The summed E-state index contributed by atoms with van der Waals surface area (Å²) in [5, 5.41) is 19.3. The second kappa shape index (κ2) is 12.8. The molecular formula is C23H46O4.